The van der Waals surface area contributed by atoms with Crippen molar-refractivity contribution in [2.24, 2.45) is 0 Å². The van der Waals surface area contributed by atoms with Crippen molar-refractivity contribution in [3.8, 4) is 5.75 Å². The Hall–Kier alpha value is -3.34. The van der Waals surface area contributed by atoms with E-state index in [0.717, 1.165) is 16.3 Å². The molecule has 3 aromatic carbocycles. The first-order valence-electron chi connectivity index (χ1n) is 8.81. The highest BCUT2D eigenvalue weighted by molar-refractivity contribution is 5.90. The van der Waals surface area contributed by atoms with Gasteiger partial charge in [-0.2, -0.15) is 0 Å². The SMILES string of the molecule is CC(=O)Nc1ccccc1OCC(=O)N[C@H](C)c1cccc2ccccc12. The van der Waals surface area contributed by atoms with E-state index in [0.29, 0.717) is 11.4 Å². The minimum atomic E-state index is -0.229. The lowest BCUT2D eigenvalue weighted by atomic mass is 10.00. The molecule has 0 heterocycles. The molecule has 0 spiro atoms. The Kier molecular flexibility index (Phi) is 5.71. The number of nitrogens with one attached hydrogen (secondary N) is 2. The normalized spacial score (nSPS) is 11.6. The zero-order valence-electron chi connectivity index (χ0n) is 15.4. The van der Waals surface area contributed by atoms with E-state index in [2.05, 4.69) is 22.8 Å². The summed E-state index contributed by atoms with van der Waals surface area (Å²) in [5.74, 6) is 0.0359. The number of ether oxygens (including phenoxy) is 1. The van der Waals surface area contributed by atoms with Crippen molar-refractivity contribution in [1.29, 1.82) is 0 Å². The Balaban J connectivity index is 1.65. The van der Waals surface area contributed by atoms with Crippen LogP contribution in [0.4, 0.5) is 5.69 Å². The highest BCUT2D eigenvalue weighted by Crippen LogP contribution is 2.25. The number of hydrogen-bond donors (Lipinski definition) is 2. The minimum Gasteiger partial charge on any atom is -0.482 e. The topological polar surface area (TPSA) is 67.4 Å². The Morgan fingerprint density at radius 1 is 0.963 bits per heavy atom. The van der Waals surface area contributed by atoms with E-state index in [1.54, 1.807) is 24.3 Å². The van der Waals surface area contributed by atoms with Gasteiger partial charge in [0.1, 0.15) is 5.75 Å². The Morgan fingerprint density at radius 2 is 1.67 bits per heavy atom. The second-order valence-corrected chi connectivity index (χ2v) is 6.32. The van der Waals surface area contributed by atoms with E-state index in [4.69, 9.17) is 4.74 Å². The summed E-state index contributed by atoms with van der Waals surface area (Å²) in [5.41, 5.74) is 1.60. The van der Waals surface area contributed by atoms with E-state index < -0.39 is 0 Å². The summed E-state index contributed by atoms with van der Waals surface area (Å²) in [6, 6.07) is 21.0. The van der Waals surface area contributed by atoms with Gasteiger partial charge in [0.25, 0.3) is 5.91 Å². The van der Waals surface area contributed by atoms with Gasteiger partial charge in [0.15, 0.2) is 6.61 Å². The molecule has 0 aliphatic heterocycles. The van der Waals surface area contributed by atoms with E-state index in [1.165, 1.54) is 6.92 Å². The monoisotopic (exact) mass is 362 g/mol. The number of fused-ring (bicyclic) bond motifs is 1. The second kappa shape index (κ2) is 8.36. The Morgan fingerprint density at radius 3 is 2.48 bits per heavy atom. The highest BCUT2D eigenvalue weighted by atomic mass is 16.5. The number of carbonyl (C=O) groups is 2. The van der Waals surface area contributed by atoms with Gasteiger partial charge >= 0.3 is 0 Å². The molecule has 3 aromatic rings. The van der Waals surface area contributed by atoms with Gasteiger partial charge < -0.3 is 15.4 Å². The zero-order valence-corrected chi connectivity index (χ0v) is 15.4. The van der Waals surface area contributed by atoms with Crippen LogP contribution in [-0.2, 0) is 9.59 Å². The predicted molar refractivity (Wildman–Crippen MR) is 107 cm³/mol. The van der Waals surface area contributed by atoms with Gasteiger partial charge in [-0.1, -0.05) is 54.6 Å². The number of benzene rings is 3. The molecule has 0 aliphatic carbocycles. The minimum absolute atomic E-state index is 0.133. The fourth-order valence-electron chi connectivity index (χ4n) is 3.02. The molecule has 0 saturated carbocycles. The van der Waals surface area contributed by atoms with Crippen LogP contribution in [-0.4, -0.2) is 18.4 Å². The number of hydrogen-bond acceptors (Lipinski definition) is 3. The molecular formula is C22H22N2O3. The third kappa shape index (κ3) is 4.64. The molecule has 27 heavy (non-hydrogen) atoms. The summed E-state index contributed by atoms with van der Waals surface area (Å²) in [6.45, 7) is 3.24. The summed E-state index contributed by atoms with van der Waals surface area (Å²) in [4.78, 5) is 23.6. The van der Waals surface area contributed by atoms with Gasteiger partial charge in [0, 0.05) is 6.92 Å². The van der Waals surface area contributed by atoms with Crippen molar-refractivity contribution < 1.29 is 14.3 Å². The van der Waals surface area contributed by atoms with Crippen molar-refractivity contribution in [3.63, 3.8) is 0 Å². The van der Waals surface area contributed by atoms with E-state index in [-0.39, 0.29) is 24.5 Å². The molecule has 0 saturated heterocycles. The van der Waals surface area contributed by atoms with Crippen LogP contribution < -0.4 is 15.4 Å². The van der Waals surface area contributed by atoms with Crippen molar-refractivity contribution in [1.82, 2.24) is 5.32 Å². The molecule has 0 unspecified atom stereocenters. The molecule has 2 N–H and O–H groups in total. The molecule has 1 atom stereocenters. The summed E-state index contributed by atoms with van der Waals surface area (Å²) in [6.07, 6.45) is 0. The summed E-state index contributed by atoms with van der Waals surface area (Å²) in [5, 5.41) is 7.91. The van der Waals surface area contributed by atoms with Crippen LogP contribution in [0.1, 0.15) is 25.5 Å². The molecule has 138 valence electrons. The third-order valence-corrected chi connectivity index (χ3v) is 4.22. The highest BCUT2D eigenvalue weighted by Gasteiger charge is 2.13. The standard InChI is InChI=1S/C22H22N2O3/c1-15(18-11-7-9-17-8-3-4-10-19(17)18)23-22(26)14-27-21-13-6-5-12-20(21)24-16(2)25/h3-13,15H,14H2,1-2H3,(H,23,26)(H,24,25)/t15-/m1/s1. The van der Waals surface area contributed by atoms with E-state index in [1.807, 2.05) is 37.3 Å². The van der Waals surface area contributed by atoms with Crippen LogP contribution >= 0.6 is 0 Å². The van der Waals surface area contributed by atoms with E-state index in [9.17, 15) is 9.59 Å². The number of amides is 2. The number of anilines is 1. The lowest BCUT2D eigenvalue weighted by Crippen LogP contribution is -2.31. The maximum atomic E-state index is 12.3. The quantitative estimate of drug-likeness (QED) is 0.695. The second-order valence-electron chi connectivity index (χ2n) is 6.32. The summed E-state index contributed by atoms with van der Waals surface area (Å²) in [7, 11) is 0. The smallest absolute Gasteiger partial charge is 0.258 e. The molecule has 0 fully saturated rings. The van der Waals surface area contributed by atoms with Crippen LogP contribution in [0.2, 0.25) is 0 Å². The average Bonchev–Trinajstić information content (AvgIpc) is 2.66. The van der Waals surface area contributed by atoms with Gasteiger partial charge in [0.2, 0.25) is 5.91 Å². The molecule has 0 aromatic heterocycles. The van der Waals surface area contributed by atoms with Crippen LogP contribution in [0.15, 0.2) is 66.7 Å². The molecule has 2 amide bonds. The molecule has 5 nitrogen and oxygen atoms in total. The van der Waals surface area contributed by atoms with Crippen molar-refractivity contribution in [2.45, 2.75) is 19.9 Å². The molecule has 0 bridgehead atoms. The number of carbonyl (C=O) groups excluding carboxylic acids is 2. The van der Waals surface area contributed by atoms with Crippen molar-refractivity contribution >= 4 is 28.3 Å². The molecule has 5 heteroatoms. The average molecular weight is 362 g/mol. The van der Waals surface area contributed by atoms with Crippen LogP contribution in [0, 0.1) is 0 Å². The van der Waals surface area contributed by atoms with Gasteiger partial charge in [-0.15, -0.1) is 0 Å². The molecular weight excluding hydrogens is 340 g/mol. The van der Waals surface area contributed by atoms with Gasteiger partial charge in [0.05, 0.1) is 11.7 Å². The van der Waals surface area contributed by atoms with Crippen LogP contribution in [0.25, 0.3) is 10.8 Å². The van der Waals surface area contributed by atoms with Crippen molar-refractivity contribution in [2.75, 3.05) is 11.9 Å². The lowest BCUT2D eigenvalue weighted by Gasteiger charge is -2.17. The molecule has 3 rings (SSSR count). The Labute approximate surface area is 158 Å². The Bertz CT molecular complexity index is 963. The summed E-state index contributed by atoms with van der Waals surface area (Å²) < 4.78 is 5.60. The number of rotatable bonds is 6. The fourth-order valence-corrected chi connectivity index (χ4v) is 3.02. The van der Waals surface area contributed by atoms with Crippen molar-refractivity contribution in [3.05, 3.63) is 72.3 Å². The number of para-hydroxylation sites is 2. The third-order valence-electron chi connectivity index (χ3n) is 4.22. The maximum Gasteiger partial charge on any atom is 0.258 e. The first kappa shape index (κ1) is 18.5. The molecule has 0 radical (unpaired) electrons. The summed E-state index contributed by atoms with van der Waals surface area (Å²) >= 11 is 0. The largest absolute Gasteiger partial charge is 0.482 e. The van der Waals surface area contributed by atoms with Crippen LogP contribution in [0.3, 0.4) is 0 Å². The van der Waals surface area contributed by atoms with Gasteiger partial charge in [-0.25, -0.2) is 0 Å². The van der Waals surface area contributed by atoms with Gasteiger partial charge in [-0.05, 0) is 35.4 Å². The van der Waals surface area contributed by atoms with Gasteiger partial charge in [-0.3, -0.25) is 9.59 Å². The van der Waals surface area contributed by atoms with Crippen LogP contribution in [0.5, 0.6) is 5.75 Å². The zero-order chi connectivity index (χ0) is 19.2. The first-order chi connectivity index (χ1) is 13.0. The molecule has 0 aliphatic rings. The predicted octanol–water partition coefficient (Wildman–Crippen LogP) is 4.05. The first-order valence-corrected chi connectivity index (χ1v) is 8.81. The maximum absolute atomic E-state index is 12.3. The van der Waals surface area contributed by atoms with E-state index >= 15 is 0 Å². The lowest BCUT2D eigenvalue weighted by molar-refractivity contribution is -0.123. The fraction of sp³-hybridized carbons (Fsp3) is 0.182.